The fourth-order valence-electron chi connectivity index (χ4n) is 3.18. The minimum Gasteiger partial charge on any atom is -0.467 e. The maximum Gasteiger partial charge on any atom is 0.250 e. The fourth-order valence-corrected chi connectivity index (χ4v) is 3.88. The quantitative estimate of drug-likeness (QED) is 0.452. The van der Waals surface area contributed by atoms with Gasteiger partial charge in [0.2, 0.25) is 0 Å². The van der Waals surface area contributed by atoms with Crippen LogP contribution in [0.2, 0.25) is 0 Å². The topological polar surface area (TPSA) is 86.1 Å². The molecule has 0 radical (unpaired) electrons. The van der Waals surface area contributed by atoms with E-state index >= 15 is 0 Å². The Balaban J connectivity index is 1.67. The third kappa shape index (κ3) is 3.97. The summed E-state index contributed by atoms with van der Waals surface area (Å²) >= 11 is 1.39. The molecule has 30 heavy (non-hydrogen) atoms. The van der Waals surface area contributed by atoms with Gasteiger partial charge >= 0.3 is 0 Å². The normalized spacial score (nSPS) is 11.0. The highest BCUT2D eigenvalue weighted by Gasteiger charge is 2.20. The number of hydrogen-bond donors (Lipinski definition) is 2. The third-order valence-corrected chi connectivity index (χ3v) is 5.54. The number of aromatic nitrogens is 2. The molecule has 0 fully saturated rings. The SMILES string of the molecule is Cc1c(C(N)=O)cc(-c2csc(NCc3ccco3)n2)n1Cc1ccc(F)cc1F. The summed E-state index contributed by atoms with van der Waals surface area (Å²) in [6.45, 7) is 2.31. The van der Waals surface area contributed by atoms with Crippen molar-refractivity contribution < 1.29 is 18.0 Å². The molecule has 0 spiro atoms. The summed E-state index contributed by atoms with van der Waals surface area (Å²) in [5.41, 5.74) is 7.94. The lowest BCUT2D eigenvalue weighted by atomic mass is 10.2. The first-order valence-electron chi connectivity index (χ1n) is 9.08. The molecule has 1 aromatic carbocycles. The van der Waals surface area contributed by atoms with Crippen molar-refractivity contribution in [1.82, 2.24) is 9.55 Å². The van der Waals surface area contributed by atoms with E-state index in [4.69, 9.17) is 10.2 Å². The molecule has 0 aliphatic carbocycles. The molecule has 1 amide bonds. The van der Waals surface area contributed by atoms with Crippen LogP contribution in [0.3, 0.4) is 0 Å². The van der Waals surface area contributed by atoms with E-state index in [-0.39, 0.29) is 6.54 Å². The van der Waals surface area contributed by atoms with E-state index in [0.29, 0.717) is 39.9 Å². The van der Waals surface area contributed by atoms with Gasteiger partial charge in [0.15, 0.2) is 5.13 Å². The van der Waals surface area contributed by atoms with E-state index in [2.05, 4.69) is 10.3 Å². The van der Waals surface area contributed by atoms with Crippen LogP contribution in [0.4, 0.5) is 13.9 Å². The Morgan fingerprint density at radius 1 is 1.30 bits per heavy atom. The van der Waals surface area contributed by atoms with Gasteiger partial charge in [0.05, 0.1) is 36.3 Å². The maximum absolute atomic E-state index is 14.2. The lowest BCUT2D eigenvalue weighted by Gasteiger charge is -2.12. The van der Waals surface area contributed by atoms with Crippen LogP contribution in [0, 0.1) is 18.6 Å². The molecular weight excluding hydrogens is 410 g/mol. The van der Waals surface area contributed by atoms with E-state index in [1.54, 1.807) is 29.9 Å². The van der Waals surface area contributed by atoms with Crippen LogP contribution in [-0.2, 0) is 13.1 Å². The number of halogens is 2. The lowest BCUT2D eigenvalue weighted by Crippen LogP contribution is -2.13. The zero-order valence-electron chi connectivity index (χ0n) is 16.0. The number of benzene rings is 1. The monoisotopic (exact) mass is 428 g/mol. The average Bonchev–Trinajstić information content (AvgIpc) is 3.43. The molecule has 0 saturated carbocycles. The first-order chi connectivity index (χ1) is 14.4. The molecule has 4 rings (SSSR count). The molecule has 3 heterocycles. The predicted molar refractivity (Wildman–Crippen MR) is 110 cm³/mol. The summed E-state index contributed by atoms with van der Waals surface area (Å²) in [5, 5.41) is 5.68. The molecule has 0 aliphatic heterocycles. The standard InChI is InChI=1S/C21H18F2N4O2S/c1-12-16(20(24)28)8-19(27(12)10-13-4-5-14(22)7-17(13)23)18-11-30-21(26-18)25-9-15-3-2-6-29-15/h2-8,11H,9-10H2,1H3,(H2,24,28)(H,25,26). The number of amides is 1. The number of nitrogens with two attached hydrogens (primary N) is 1. The number of thiazole rings is 1. The zero-order valence-corrected chi connectivity index (χ0v) is 16.8. The van der Waals surface area contributed by atoms with Crippen LogP contribution in [0.25, 0.3) is 11.4 Å². The Morgan fingerprint density at radius 3 is 2.83 bits per heavy atom. The number of anilines is 1. The molecule has 3 N–H and O–H groups in total. The van der Waals surface area contributed by atoms with Crippen LogP contribution in [0.5, 0.6) is 0 Å². The Labute approximate surface area is 175 Å². The van der Waals surface area contributed by atoms with Crippen LogP contribution in [-0.4, -0.2) is 15.5 Å². The van der Waals surface area contributed by atoms with Gasteiger partial charge in [-0.05, 0) is 31.2 Å². The smallest absolute Gasteiger partial charge is 0.250 e. The van der Waals surface area contributed by atoms with Gasteiger partial charge in [0.25, 0.3) is 5.91 Å². The van der Waals surface area contributed by atoms with Crippen molar-refractivity contribution in [3.63, 3.8) is 0 Å². The van der Waals surface area contributed by atoms with Crippen LogP contribution < -0.4 is 11.1 Å². The molecule has 0 saturated heterocycles. The van der Waals surface area contributed by atoms with Crippen molar-refractivity contribution in [2.24, 2.45) is 5.73 Å². The van der Waals surface area contributed by atoms with Crippen molar-refractivity contribution in [2.75, 3.05) is 5.32 Å². The number of carbonyl (C=O) groups excluding carboxylic acids is 1. The summed E-state index contributed by atoms with van der Waals surface area (Å²) in [6, 6.07) is 8.72. The number of hydrogen-bond acceptors (Lipinski definition) is 5. The van der Waals surface area contributed by atoms with Crippen molar-refractivity contribution in [3.8, 4) is 11.4 Å². The van der Waals surface area contributed by atoms with E-state index in [9.17, 15) is 13.6 Å². The maximum atomic E-state index is 14.2. The Bertz CT molecular complexity index is 1200. The molecule has 0 bridgehead atoms. The molecule has 0 atom stereocenters. The van der Waals surface area contributed by atoms with Crippen LogP contribution in [0.15, 0.2) is 52.5 Å². The predicted octanol–water partition coefficient (Wildman–Crippen LogP) is 4.55. The second-order valence-corrected chi connectivity index (χ2v) is 7.54. The van der Waals surface area contributed by atoms with Gasteiger partial charge in [0, 0.05) is 22.7 Å². The van der Waals surface area contributed by atoms with E-state index in [0.717, 1.165) is 11.8 Å². The highest BCUT2D eigenvalue weighted by Crippen LogP contribution is 2.30. The van der Waals surface area contributed by atoms with Crippen LogP contribution in [0.1, 0.15) is 27.4 Å². The van der Waals surface area contributed by atoms with Crippen LogP contribution >= 0.6 is 11.3 Å². The van der Waals surface area contributed by atoms with Gasteiger partial charge in [0.1, 0.15) is 17.4 Å². The molecule has 0 unspecified atom stereocenters. The first-order valence-corrected chi connectivity index (χ1v) is 9.96. The third-order valence-electron chi connectivity index (χ3n) is 4.74. The van der Waals surface area contributed by atoms with Gasteiger partial charge < -0.3 is 20.0 Å². The molecular formula is C21H18F2N4O2S. The highest BCUT2D eigenvalue weighted by atomic mass is 32.1. The first kappa shape index (κ1) is 19.8. The zero-order chi connectivity index (χ0) is 21.3. The summed E-state index contributed by atoms with van der Waals surface area (Å²) in [5.74, 6) is -1.12. The van der Waals surface area contributed by atoms with Crippen molar-refractivity contribution >= 4 is 22.4 Å². The number of furan rings is 1. The van der Waals surface area contributed by atoms with Crippen molar-refractivity contribution in [2.45, 2.75) is 20.0 Å². The van der Waals surface area contributed by atoms with Gasteiger partial charge in [-0.3, -0.25) is 4.79 Å². The van der Waals surface area contributed by atoms with Gasteiger partial charge in [-0.2, -0.15) is 0 Å². The number of carbonyl (C=O) groups is 1. The molecule has 6 nitrogen and oxygen atoms in total. The highest BCUT2D eigenvalue weighted by molar-refractivity contribution is 7.14. The van der Waals surface area contributed by atoms with Gasteiger partial charge in [-0.25, -0.2) is 13.8 Å². The van der Waals surface area contributed by atoms with E-state index in [1.165, 1.54) is 23.5 Å². The second-order valence-electron chi connectivity index (χ2n) is 6.69. The van der Waals surface area contributed by atoms with Gasteiger partial charge in [-0.1, -0.05) is 6.07 Å². The molecule has 9 heteroatoms. The fraction of sp³-hybridized carbons (Fsp3) is 0.143. The number of rotatable bonds is 7. The Morgan fingerprint density at radius 2 is 2.13 bits per heavy atom. The van der Waals surface area contributed by atoms with Crippen molar-refractivity contribution in [3.05, 3.63) is 82.3 Å². The molecule has 154 valence electrons. The summed E-state index contributed by atoms with van der Waals surface area (Å²) < 4.78 is 34.5. The largest absolute Gasteiger partial charge is 0.467 e. The lowest BCUT2D eigenvalue weighted by molar-refractivity contribution is 0.0999. The molecule has 0 aliphatic rings. The number of nitrogens with zero attached hydrogens (tertiary/aromatic N) is 2. The van der Waals surface area contributed by atoms with E-state index in [1.807, 2.05) is 11.4 Å². The second kappa shape index (κ2) is 8.11. The summed E-state index contributed by atoms with van der Waals surface area (Å²) in [7, 11) is 0. The van der Waals surface area contributed by atoms with Crippen molar-refractivity contribution in [1.29, 1.82) is 0 Å². The minimum atomic E-state index is -0.659. The number of primary amides is 1. The Kier molecular flexibility index (Phi) is 5.37. The molecule has 4 aromatic rings. The average molecular weight is 428 g/mol. The molecule has 3 aromatic heterocycles. The summed E-state index contributed by atoms with van der Waals surface area (Å²) in [4.78, 5) is 16.4. The van der Waals surface area contributed by atoms with E-state index < -0.39 is 17.5 Å². The minimum absolute atomic E-state index is 0.104. The Hall–Kier alpha value is -3.46. The number of nitrogens with one attached hydrogen (secondary N) is 1. The summed E-state index contributed by atoms with van der Waals surface area (Å²) in [6.07, 6.45) is 1.60. The van der Waals surface area contributed by atoms with Gasteiger partial charge in [-0.15, -0.1) is 11.3 Å².